The van der Waals surface area contributed by atoms with Crippen LogP contribution in [0, 0.1) is 11.3 Å². The second-order valence-corrected chi connectivity index (χ2v) is 5.19. The highest BCUT2D eigenvalue weighted by Gasteiger charge is 2.28. The van der Waals surface area contributed by atoms with Crippen LogP contribution in [0.3, 0.4) is 0 Å². The van der Waals surface area contributed by atoms with Crippen LogP contribution in [-0.2, 0) is 0 Å². The number of nitrogens with one attached hydrogen (secondary N) is 1. The molecule has 4 nitrogen and oxygen atoms in total. The first-order valence-electron chi connectivity index (χ1n) is 5.99. The minimum Gasteiger partial charge on any atom is -0.305 e. The molecule has 2 atom stereocenters. The lowest BCUT2D eigenvalue weighted by Gasteiger charge is -2.38. The predicted molar refractivity (Wildman–Crippen MR) is 66.2 cm³/mol. The second kappa shape index (κ2) is 5.62. The van der Waals surface area contributed by atoms with Crippen LogP contribution in [0.5, 0.6) is 0 Å². The zero-order valence-electron chi connectivity index (χ0n) is 11.0. The lowest BCUT2D eigenvalue weighted by Crippen LogP contribution is -2.53. The van der Waals surface area contributed by atoms with E-state index in [1.807, 2.05) is 14.0 Å². The van der Waals surface area contributed by atoms with Crippen LogP contribution in [0.4, 0.5) is 0 Å². The molecule has 1 N–H and O–H groups in total. The first-order chi connectivity index (χ1) is 7.50. The van der Waals surface area contributed by atoms with E-state index < -0.39 is 5.54 Å². The van der Waals surface area contributed by atoms with Crippen molar-refractivity contribution in [1.82, 2.24) is 15.1 Å². The number of hydrogen-bond donors (Lipinski definition) is 1. The lowest BCUT2D eigenvalue weighted by molar-refractivity contribution is 0.117. The van der Waals surface area contributed by atoms with E-state index in [1.54, 1.807) is 0 Å². The van der Waals surface area contributed by atoms with E-state index in [0.717, 1.165) is 19.6 Å². The van der Waals surface area contributed by atoms with Gasteiger partial charge < -0.3 is 10.2 Å². The zero-order valence-corrected chi connectivity index (χ0v) is 11.0. The number of likely N-dealkylation sites (tertiary alicyclic amines) is 1. The third-order valence-electron chi connectivity index (χ3n) is 3.55. The van der Waals surface area contributed by atoms with Gasteiger partial charge in [-0.15, -0.1) is 0 Å². The Morgan fingerprint density at radius 2 is 2.25 bits per heavy atom. The summed E-state index contributed by atoms with van der Waals surface area (Å²) in [6.45, 7) is 4.96. The van der Waals surface area contributed by atoms with Gasteiger partial charge in [0.1, 0.15) is 5.54 Å². The van der Waals surface area contributed by atoms with Gasteiger partial charge in [-0.2, -0.15) is 5.26 Å². The van der Waals surface area contributed by atoms with Gasteiger partial charge in [-0.25, -0.2) is 0 Å². The first-order valence-corrected chi connectivity index (χ1v) is 5.99. The largest absolute Gasteiger partial charge is 0.305 e. The monoisotopic (exact) mass is 224 g/mol. The van der Waals surface area contributed by atoms with Gasteiger partial charge in [-0.3, -0.25) is 4.90 Å². The maximum Gasteiger partial charge on any atom is 0.116 e. The molecular weight excluding hydrogens is 200 g/mol. The second-order valence-electron chi connectivity index (χ2n) is 5.19. The average Bonchev–Trinajstić information content (AvgIpc) is 2.29. The Hall–Kier alpha value is -0.630. The topological polar surface area (TPSA) is 42.3 Å². The Bertz CT molecular complexity index is 258. The highest BCUT2D eigenvalue weighted by molar-refractivity contribution is 5.05. The van der Waals surface area contributed by atoms with Crippen molar-refractivity contribution in [1.29, 1.82) is 5.26 Å². The predicted octanol–water partition coefficient (Wildman–Crippen LogP) is 0.514. The molecular formula is C12H24N4. The summed E-state index contributed by atoms with van der Waals surface area (Å²) >= 11 is 0. The Labute approximate surface area is 99.2 Å². The van der Waals surface area contributed by atoms with Gasteiger partial charge in [-0.1, -0.05) is 0 Å². The molecule has 0 bridgehead atoms. The van der Waals surface area contributed by atoms with Crippen molar-refractivity contribution in [3.8, 4) is 6.07 Å². The molecule has 1 heterocycles. The summed E-state index contributed by atoms with van der Waals surface area (Å²) in [6, 6.07) is 2.99. The number of piperidine rings is 1. The molecule has 0 spiro atoms. The molecule has 1 rings (SSSR count). The van der Waals surface area contributed by atoms with Crippen LogP contribution in [-0.4, -0.2) is 62.2 Å². The van der Waals surface area contributed by atoms with E-state index in [9.17, 15) is 0 Å². The van der Waals surface area contributed by atoms with Crippen molar-refractivity contribution in [2.24, 2.45) is 0 Å². The van der Waals surface area contributed by atoms with Gasteiger partial charge in [0.2, 0.25) is 0 Å². The molecule has 1 fully saturated rings. The molecule has 2 unspecified atom stereocenters. The fourth-order valence-corrected chi connectivity index (χ4v) is 2.21. The molecule has 92 valence electrons. The molecule has 0 radical (unpaired) electrons. The molecule has 0 aliphatic carbocycles. The van der Waals surface area contributed by atoms with Crippen LogP contribution < -0.4 is 5.32 Å². The van der Waals surface area contributed by atoms with E-state index in [-0.39, 0.29) is 0 Å². The summed E-state index contributed by atoms with van der Waals surface area (Å²) in [5.74, 6) is 0. The minimum absolute atomic E-state index is 0.422. The Morgan fingerprint density at radius 1 is 1.56 bits per heavy atom. The SMILES string of the molecule is CNC(C)(C#N)CN1CCCC(N(C)C)C1. The van der Waals surface area contributed by atoms with Crippen LogP contribution in [0.15, 0.2) is 0 Å². The van der Waals surface area contributed by atoms with Crippen LogP contribution in [0.2, 0.25) is 0 Å². The standard InChI is InChI=1S/C12H24N4/c1-12(9-13,14-2)10-16-7-5-6-11(8-16)15(3)4/h11,14H,5-8,10H2,1-4H3. The van der Waals surface area contributed by atoms with Gasteiger partial charge in [0.05, 0.1) is 6.07 Å². The third-order valence-corrected chi connectivity index (χ3v) is 3.55. The van der Waals surface area contributed by atoms with Crippen molar-refractivity contribution < 1.29 is 0 Å². The van der Waals surface area contributed by atoms with Crippen molar-refractivity contribution >= 4 is 0 Å². The van der Waals surface area contributed by atoms with Gasteiger partial charge in [0, 0.05) is 19.1 Å². The normalized spacial score (nSPS) is 26.4. The van der Waals surface area contributed by atoms with Crippen LogP contribution in [0.25, 0.3) is 0 Å². The third kappa shape index (κ3) is 3.44. The Kier molecular flexibility index (Phi) is 4.72. The molecule has 0 saturated carbocycles. The van der Waals surface area contributed by atoms with Crippen LogP contribution in [0.1, 0.15) is 19.8 Å². The van der Waals surface area contributed by atoms with E-state index in [1.165, 1.54) is 12.8 Å². The quantitative estimate of drug-likeness (QED) is 0.756. The number of rotatable bonds is 4. The summed E-state index contributed by atoms with van der Waals surface area (Å²) < 4.78 is 0. The van der Waals surface area contributed by atoms with Crippen molar-refractivity contribution in [3.05, 3.63) is 0 Å². The fraction of sp³-hybridized carbons (Fsp3) is 0.917. The molecule has 0 aromatic rings. The minimum atomic E-state index is -0.422. The van der Waals surface area contributed by atoms with Gasteiger partial charge in [0.25, 0.3) is 0 Å². The van der Waals surface area contributed by atoms with Crippen molar-refractivity contribution in [3.63, 3.8) is 0 Å². The van der Waals surface area contributed by atoms with E-state index in [0.29, 0.717) is 6.04 Å². The molecule has 0 aromatic heterocycles. The number of likely N-dealkylation sites (N-methyl/N-ethyl adjacent to an activating group) is 2. The first kappa shape index (κ1) is 13.4. The number of nitrogens with zero attached hydrogens (tertiary/aromatic N) is 3. The fourth-order valence-electron chi connectivity index (χ4n) is 2.21. The highest BCUT2D eigenvalue weighted by atomic mass is 15.2. The summed E-state index contributed by atoms with van der Waals surface area (Å²) in [5, 5.41) is 12.2. The van der Waals surface area contributed by atoms with Gasteiger partial charge in [0.15, 0.2) is 0 Å². The zero-order chi connectivity index (χ0) is 12.2. The van der Waals surface area contributed by atoms with E-state index in [4.69, 9.17) is 5.26 Å². The number of hydrogen-bond acceptors (Lipinski definition) is 4. The molecule has 1 aliphatic rings. The van der Waals surface area contributed by atoms with Gasteiger partial charge >= 0.3 is 0 Å². The lowest BCUT2D eigenvalue weighted by atomic mass is 10.00. The summed E-state index contributed by atoms with van der Waals surface area (Å²) in [7, 11) is 6.13. The maximum atomic E-state index is 9.14. The van der Waals surface area contributed by atoms with Gasteiger partial charge in [-0.05, 0) is 47.5 Å². The summed E-state index contributed by atoms with van der Waals surface area (Å²) in [6.07, 6.45) is 2.50. The molecule has 4 heteroatoms. The molecule has 0 amide bonds. The smallest absolute Gasteiger partial charge is 0.116 e. The van der Waals surface area contributed by atoms with E-state index >= 15 is 0 Å². The summed E-state index contributed by atoms with van der Waals surface area (Å²) in [4.78, 5) is 4.68. The molecule has 0 aromatic carbocycles. The molecule has 1 aliphatic heterocycles. The Morgan fingerprint density at radius 3 is 2.75 bits per heavy atom. The average molecular weight is 224 g/mol. The molecule has 1 saturated heterocycles. The van der Waals surface area contributed by atoms with E-state index in [2.05, 4.69) is 35.3 Å². The Balaban J connectivity index is 2.52. The van der Waals surface area contributed by atoms with Crippen molar-refractivity contribution in [2.75, 3.05) is 40.8 Å². The number of nitriles is 1. The summed E-state index contributed by atoms with van der Waals surface area (Å²) in [5.41, 5.74) is -0.422. The van der Waals surface area contributed by atoms with Crippen LogP contribution >= 0.6 is 0 Å². The highest BCUT2D eigenvalue weighted by Crippen LogP contribution is 2.16. The molecule has 16 heavy (non-hydrogen) atoms. The maximum absolute atomic E-state index is 9.14. The van der Waals surface area contributed by atoms with Crippen molar-refractivity contribution in [2.45, 2.75) is 31.3 Å².